The lowest BCUT2D eigenvalue weighted by molar-refractivity contribution is 0.587. The molecule has 4 rings (SSSR count). The largest absolute Gasteiger partial charge is 0.265 e. The van der Waals surface area contributed by atoms with Crippen LogP contribution in [0.2, 0.25) is 0 Å². The molecule has 0 aromatic heterocycles. The average Bonchev–Trinajstić information content (AvgIpc) is 3.25. The molecule has 0 atom stereocenters. The molecule has 2 aliphatic rings. The van der Waals surface area contributed by atoms with Gasteiger partial charge in [0, 0.05) is 18.2 Å². The van der Waals surface area contributed by atoms with Gasteiger partial charge in [-0.15, -0.1) is 0 Å². The first kappa shape index (κ1) is 17.5. The number of para-hydroxylation sites is 1. The highest BCUT2D eigenvalue weighted by molar-refractivity contribution is 7.93. The smallest absolute Gasteiger partial charge is 0.264 e. The fourth-order valence-corrected chi connectivity index (χ4v) is 6.98. The van der Waals surface area contributed by atoms with Crippen LogP contribution in [0, 0.1) is 13.8 Å². The number of fused-ring (bicyclic) bond motifs is 2. The topological polar surface area (TPSA) is 71.5 Å². The third-order valence-electron chi connectivity index (χ3n) is 5.47. The van der Waals surface area contributed by atoms with Crippen molar-refractivity contribution in [3.63, 3.8) is 0 Å². The molecule has 1 aliphatic carbocycles. The minimum Gasteiger partial charge on any atom is -0.265 e. The zero-order valence-corrected chi connectivity index (χ0v) is 16.6. The molecule has 0 unspecified atom stereocenters. The Kier molecular flexibility index (Phi) is 3.60. The second kappa shape index (κ2) is 5.33. The van der Waals surface area contributed by atoms with Crippen molar-refractivity contribution >= 4 is 25.5 Å². The highest BCUT2D eigenvalue weighted by atomic mass is 32.2. The van der Waals surface area contributed by atoms with Crippen LogP contribution in [0.1, 0.15) is 29.5 Å². The molecule has 1 saturated carbocycles. The molecular weight excluding hydrogens is 370 g/mol. The Labute approximate surface area is 154 Å². The highest BCUT2D eigenvalue weighted by Crippen LogP contribution is 2.57. The van der Waals surface area contributed by atoms with E-state index in [1.807, 2.05) is 24.3 Å². The molecule has 0 N–H and O–H groups in total. The lowest BCUT2D eigenvalue weighted by Gasteiger charge is -2.22. The molecule has 26 heavy (non-hydrogen) atoms. The zero-order chi connectivity index (χ0) is 18.9. The van der Waals surface area contributed by atoms with E-state index in [-0.39, 0.29) is 20.8 Å². The van der Waals surface area contributed by atoms with E-state index in [1.54, 1.807) is 19.9 Å². The molecule has 1 fully saturated rings. The van der Waals surface area contributed by atoms with E-state index in [1.165, 1.54) is 10.4 Å². The monoisotopic (exact) mass is 391 g/mol. The van der Waals surface area contributed by atoms with Gasteiger partial charge in [0.15, 0.2) is 9.84 Å². The third kappa shape index (κ3) is 2.48. The van der Waals surface area contributed by atoms with Gasteiger partial charge in [-0.25, -0.2) is 16.8 Å². The molecule has 0 bridgehead atoms. The van der Waals surface area contributed by atoms with E-state index in [0.717, 1.165) is 24.7 Å². The van der Waals surface area contributed by atoms with E-state index in [2.05, 4.69) is 0 Å². The van der Waals surface area contributed by atoms with Crippen molar-refractivity contribution in [2.45, 2.75) is 41.9 Å². The molecule has 0 amide bonds. The number of hydrogen-bond donors (Lipinski definition) is 0. The minimum absolute atomic E-state index is 0.0684. The van der Waals surface area contributed by atoms with E-state index < -0.39 is 19.9 Å². The predicted molar refractivity (Wildman–Crippen MR) is 101 cm³/mol. The van der Waals surface area contributed by atoms with Crippen LogP contribution in [-0.2, 0) is 25.3 Å². The molecule has 138 valence electrons. The number of hydrogen-bond acceptors (Lipinski definition) is 4. The SMILES string of the molecule is Cc1cc(S(C)(=O)=O)c(C)c(S(=O)(=O)N2CC3(CC3)c3ccccc32)c1. The molecule has 1 spiro atoms. The predicted octanol–water partition coefficient (Wildman–Crippen LogP) is 2.95. The van der Waals surface area contributed by atoms with Crippen LogP contribution >= 0.6 is 0 Å². The van der Waals surface area contributed by atoms with Gasteiger partial charge in [-0.2, -0.15) is 0 Å². The molecular formula is C19H21NO4S2. The first-order valence-electron chi connectivity index (χ1n) is 8.50. The van der Waals surface area contributed by atoms with Gasteiger partial charge in [0.25, 0.3) is 10.0 Å². The maximum absolute atomic E-state index is 13.5. The molecule has 5 nitrogen and oxygen atoms in total. The maximum atomic E-state index is 13.5. The maximum Gasteiger partial charge on any atom is 0.264 e. The van der Waals surface area contributed by atoms with Gasteiger partial charge in [-0.05, 0) is 61.6 Å². The van der Waals surface area contributed by atoms with Crippen molar-refractivity contribution in [2.75, 3.05) is 17.1 Å². The first-order chi connectivity index (χ1) is 12.1. The second-order valence-corrected chi connectivity index (χ2v) is 11.3. The van der Waals surface area contributed by atoms with Crippen molar-refractivity contribution in [3.05, 3.63) is 53.1 Å². The molecule has 7 heteroatoms. The summed E-state index contributed by atoms with van der Waals surface area (Å²) in [5.74, 6) is 0. The van der Waals surface area contributed by atoms with Crippen LogP contribution in [0.15, 0.2) is 46.2 Å². The van der Waals surface area contributed by atoms with Crippen LogP contribution in [0.25, 0.3) is 0 Å². The Morgan fingerprint density at radius 2 is 1.58 bits per heavy atom. The Hall–Kier alpha value is -1.86. The molecule has 2 aromatic rings. The number of rotatable bonds is 3. The van der Waals surface area contributed by atoms with Crippen molar-refractivity contribution < 1.29 is 16.8 Å². The van der Waals surface area contributed by atoms with E-state index in [4.69, 9.17) is 0 Å². The van der Waals surface area contributed by atoms with Gasteiger partial charge >= 0.3 is 0 Å². The van der Waals surface area contributed by atoms with Gasteiger partial charge in [-0.3, -0.25) is 4.31 Å². The molecule has 1 aliphatic heterocycles. The van der Waals surface area contributed by atoms with Crippen LogP contribution in [0.3, 0.4) is 0 Å². The highest BCUT2D eigenvalue weighted by Gasteiger charge is 2.54. The number of sulfonamides is 1. The zero-order valence-electron chi connectivity index (χ0n) is 15.0. The second-order valence-electron chi connectivity index (χ2n) is 7.47. The fourth-order valence-electron chi connectivity index (χ4n) is 3.94. The van der Waals surface area contributed by atoms with Gasteiger partial charge in [0.2, 0.25) is 0 Å². The summed E-state index contributed by atoms with van der Waals surface area (Å²) in [5, 5.41) is 0. The third-order valence-corrected chi connectivity index (χ3v) is 8.58. The average molecular weight is 392 g/mol. The van der Waals surface area contributed by atoms with Crippen LogP contribution in [-0.4, -0.2) is 29.6 Å². The Morgan fingerprint density at radius 1 is 0.962 bits per heavy atom. The summed E-state index contributed by atoms with van der Waals surface area (Å²) >= 11 is 0. The van der Waals surface area contributed by atoms with Gasteiger partial charge in [0.1, 0.15) is 0 Å². The van der Waals surface area contributed by atoms with Crippen LogP contribution in [0.5, 0.6) is 0 Å². The lowest BCUT2D eigenvalue weighted by Crippen LogP contribution is -2.32. The van der Waals surface area contributed by atoms with Crippen molar-refractivity contribution in [3.8, 4) is 0 Å². The summed E-state index contributed by atoms with van der Waals surface area (Å²) in [4.78, 5) is 0.148. The lowest BCUT2D eigenvalue weighted by atomic mass is 9.99. The summed E-state index contributed by atoms with van der Waals surface area (Å²) < 4.78 is 52.7. The molecule has 2 aromatic carbocycles. The summed E-state index contributed by atoms with van der Waals surface area (Å²) in [7, 11) is -7.37. The van der Waals surface area contributed by atoms with Crippen molar-refractivity contribution in [2.24, 2.45) is 0 Å². The summed E-state index contributed by atoms with van der Waals surface area (Å²) in [6.07, 6.45) is 3.07. The number of aryl methyl sites for hydroxylation is 1. The normalized spacial score (nSPS) is 18.2. The summed E-state index contributed by atoms with van der Waals surface area (Å²) in [6, 6.07) is 10.7. The van der Waals surface area contributed by atoms with Gasteiger partial charge in [0.05, 0.1) is 15.5 Å². The fraction of sp³-hybridized carbons (Fsp3) is 0.368. The van der Waals surface area contributed by atoms with E-state index in [0.29, 0.717) is 17.8 Å². The minimum atomic E-state index is -3.85. The van der Waals surface area contributed by atoms with Crippen molar-refractivity contribution in [1.82, 2.24) is 0 Å². The summed E-state index contributed by atoms with van der Waals surface area (Å²) in [6.45, 7) is 3.71. The molecule has 0 saturated heterocycles. The van der Waals surface area contributed by atoms with E-state index >= 15 is 0 Å². The molecule has 1 heterocycles. The van der Waals surface area contributed by atoms with Gasteiger partial charge in [-0.1, -0.05) is 18.2 Å². The number of nitrogens with zero attached hydrogens (tertiary/aromatic N) is 1. The number of benzene rings is 2. The number of anilines is 1. The molecule has 0 radical (unpaired) electrons. The van der Waals surface area contributed by atoms with E-state index in [9.17, 15) is 16.8 Å². The standard InChI is InChI=1S/C19H21NO4S2/c1-13-10-17(25(3,21)22)14(2)18(11-13)26(23,24)20-12-19(8-9-19)15-6-4-5-7-16(15)20/h4-7,10-11H,8-9,12H2,1-3H3. The number of sulfone groups is 1. The first-order valence-corrected chi connectivity index (χ1v) is 11.8. The van der Waals surface area contributed by atoms with Crippen LogP contribution < -0.4 is 4.31 Å². The Morgan fingerprint density at radius 3 is 2.19 bits per heavy atom. The van der Waals surface area contributed by atoms with Crippen LogP contribution in [0.4, 0.5) is 5.69 Å². The van der Waals surface area contributed by atoms with Gasteiger partial charge < -0.3 is 0 Å². The quantitative estimate of drug-likeness (QED) is 0.806. The van der Waals surface area contributed by atoms with Crippen molar-refractivity contribution in [1.29, 1.82) is 0 Å². The Bertz CT molecular complexity index is 1130. The summed E-state index contributed by atoms with van der Waals surface area (Å²) in [5.41, 5.74) is 2.63. The Balaban J connectivity index is 1.91.